The molecule has 1 heterocycles. The quantitative estimate of drug-likeness (QED) is 0.248. The van der Waals surface area contributed by atoms with Gasteiger partial charge in [-0.05, 0) is 25.2 Å². The molecular weight excluding hydrogens is 264 g/mol. The van der Waals surface area contributed by atoms with E-state index in [1.807, 2.05) is 0 Å². The second kappa shape index (κ2) is 11.5. The molecule has 1 aliphatic rings. The van der Waals surface area contributed by atoms with Gasteiger partial charge in [0.15, 0.2) is 0 Å². The van der Waals surface area contributed by atoms with Crippen molar-refractivity contribution in [2.24, 2.45) is 5.92 Å². The van der Waals surface area contributed by atoms with Gasteiger partial charge in [0.2, 0.25) is 0 Å². The van der Waals surface area contributed by atoms with Crippen LogP contribution >= 0.6 is 0 Å². The Kier molecular flexibility index (Phi) is 9.84. The third-order valence-corrected chi connectivity index (χ3v) is 4.01. The zero-order valence-electron chi connectivity index (χ0n) is 13.4. The molecule has 0 N–H and O–H groups in total. The number of unbranched alkanes of at least 4 members (excludes halogenated alkanes) is 8. The van der Waals surface area contributed by atoms with Crippen molar-refractivity contribution in [2.45, 2.75) is 84.0 Å². The Morgan fingerprint density at radius 3 is 2.38 bits per heavy atom. The number of allylic oxidation sites excluding steroid dienone is 2. The highest BCUT2D eigenvalue weighted by atomic mass is 16.6. The maximum Gasteiger partial charge on any atom is 0.314 e. The van der Waals surface area contributed by atoms with E-state index in [9.17, 15) is 9.59 Å². The van der Waals surface area contributed by atoms with E-state index >= 15 is 0 Å². The average Bonchev–Trinajstić information content (AvgIpc) is 2.61. The van der Waals surface area contributed by atoms with Crippen molar-refractivity contribution in [3.63, 3.8) is 0 Å². The summed E-state index contributed by atoms with van der Waals surface area (Å²) in [6.07, 6.45) is 17.4. The molecular formula is C18H30O3. The van der Waals surface area contributed by atoms with E-state index in [0.717, 1.165) is 12.8 Å². The number of esters is 2. The van der Waals surface area contributed by atoms with Gasteiger partial charge in [0.05, 0.1) is 6.42 Å². The molecule has 1 rings (SSSR count). The highest BCUT2D eigenvalue weighted by Gasteiger charge is 2.21. The molecule has 1 aliphatic heterocycles. The molecule has 0 aromatic carbocycles. The van der Waals surface area contributed by atoms with Gasteiger partial charge in [-0.15, -0.1) is 0 Å². The number of ether oxygens (including phenoxy) is 1. The molecule has 1 fully saturated rings. The Morgan fingerprint density at radius 1 is 1.00 bits per heavy atom. The third-order valence-electron chi connectivity index (χ3n) is 4.01. The van der Waals surface area contributed by atoms with Crippen LogP contribution in [0.25, 0.3) is 0 Å². The Balaban J connectivity index is 2.01. The number of carbonyl (C=O) groups is 2. The van der Waals surface area contributed by atoms with Gasteiger partial charge in [0.25, 0.3) is 0 Å². The van der Waals surface area contributed by atoms with Crippen LogP contribution in [0.2, 0.25) is 0 Å². The maximum atomic E-state index is 11.3. The van der Waals surface area contributed by atoms with Crippen LogP contribution in [0.15, 0.2) is 12.2 Å². The lowest BCUT2D eigenvalue weighted by atomic mass is 9.99. The summed E-state index contributed by atoms with van der Waals surface area (Å²) in [6, 6.07) is 0. The molecule has 120 valence electrons. The fourth-order valence-electron chi connectivity index (χ4n) is 2.69. The van der Waals surface area contributed by atoms with Gasteiger partial charge in [0.1, 0.15) is 0 Å². The molecule has 1 unspecified atom stereocenters. The van der Waals surface area contributed by atoms with Crippen molar-refractivity contribution in [1.29, 1.82) is 0 Å². The van der Waals surface area contributed by atoms with Gasteiger partial charge in [-0.25, -0.2) is 0 Å². The Bertz CT molecular complexity index is 333. The summed E-state index contributed by atoms with van der Waals surface area (Å²) in [5.74, 6) is -0.573. The lowest BCUT2D eigenvalue weighted by molar-refractivity contribution is -0.158. The van der Waals surface area contributed by atoms with Gasteiger partial charge < -0.3 is 4.74 Å². The lowest BCUT2D eigenvalue weighted by Gasteiger charge is -2.04. The van der Waals surface area contributed by atoms with Crippen LogP contribution < -0.4 is 0 Å². The molecule has 1 saturated heterocycles. The molecule has 0 saturated carbocycles. The smallest absolute Gasteiger partial charge is 0.314 e. The topological polar surface area (TPSA) is 43.4 Å². The molecule has 0 radical (unpaired) electrons. The number of rotatable bonds is 10. The van der Waals surface area contributed by atoms with E-state index in [1.54, 1.807) is 0 Å². The first-order valence-corrected chi connectivity index (χ1v) is 8.62. The van der Waals surface area contributed by atoms with E-state index in [1.165, 1.54) is 51.4 Å². The minimum Gasteiger partial charge on any atom is -0.393 e. The van der Waals surface area contributed by atoms with Crippen molar-refractivity contribution in [1.82, 2.24) is 0 Å². The number of hydrogen-bond acceptors (Lipinski definition) is 3. The summed E-state index contributed by atoms with van der Waals surface area (Å²) in [5.41, 5.74) is 0. The molecule has 0 spiro atoms. The molecule has 21 heavy (non-hydrogen) atoms. The number of carbonyl (C=O) groups excluding carboxylic acids is 2. The molecule has 0 amide bonds. The molecule has 0 bridgehead atoms. The van der Waals surface area contributed by atoms with Crippen LogP contribution in [0.4, 0.5) is 0 Å². The van der Waals surface area contributed by atoms with E-state index in [4.69, 9.17) is 0 Å². The van der Waals surface area contributed by atoms with E-state index in [-0.39, 0.29) is 17.9 Å². The minimum atomic E-state index is -0.376. The summed E-state index contributed by atoms with van der Waals surface area (Å²) >= 11 is 0. The molecule has 0 aliphatic carbocycles. The van der Waals surface area contributed by atoms with Crippen molar-refractivity contribution < 1.29 is 14.3 Å². The van der Waals surface area contributed by atoms with Crippen LogP contribution in [0.3, 0.4) is 0 Å². The fraction of sp³-hybridized carbons (Fsp3) is 0.778. The second-order valence-electron chi connectivity index (χ2n) is 6.04. The van der Waals surface area contributed by atoms with Crippen LogP contribution in [0.1, 0.15) is 84.0 Å². The standard InChI is InChI=1S/C18H30O3/c1-2-3-4-5-6-7-8-9-10-11-12-16-13-14-17(19)21-18(20)15-16/h11-12,16H,2-10,13-15H2,1H3/b12-11+. The first-order chi connectivity index (χ1) is 10.2. The third kappa shape index (κ3) is 9.43. The van der Waals surface area contributed by atoms with Gasteiger partial charge in [-0.2, -0.15) is 0 Å². The van der Waals surface area contributed by atoms with Gasteiger partial charge in [0, 0.05) is 6.42 Å². The number of hydrogen-bond donors (Lipinski definition) is 0. The fourth-order valence-corrected chi connectivity index (χ4v) is 2.69. The van der Waals surface area contributed by atoms with Crippen molar-refractivity contribution in [2.75, 3.05) is 0 Å². The first-order valence-electron chi connectivity index (χ1n) is 8.62. The van der Waals surface area contributed by atoms with Crippen LogP contribution in [0, 0.1) is 5.92 Å². The molecule has 0 aromatic rings. The highest BCUT2D eigenvalue weighted by Crippen LogP contribution is 2.19. The monoisotopic (exact) mass is 294 g/mol. The summed E-state index contributed by atoms with van der Waals surface area (Å²) < 4.78 is 4.63. The summed E-state index contributed by atoms with van der Waals surface area (Å²) in [5, 5.41) is 0. The Hall–Kier alpha value is -1.12. The number of cyclic esters (lactones) is 2. The second-order valence-corrected chi connectivity index (χ2v) is 6.04. The Labute approximate surface area is 129 Å². The summed E-state index contributed by atoms with van der Waals surface area (Å²) in [7, 11) is 0. The molecule has 0 aromatic heterocycles. The van der Waals surface area contributed by atoms with Gasteiger partial charge >= 0.3 is 11.9 Å². The van der Waals surface area contributed by atoms with E-state index in [2.05, 4.69) is 23.8 Å². The normalized spacial score (nSPS) is 19.8. The molecule has 1 atom stereocenters. The highest BCUT2D eigenvalue weighted by molar-refractivity contribution is 5.86. The van der Waals surface area contributed by atoms with Gasteiger partial charge in [-0.3, -0.25) is 9.59 Å². The Morgan fingerprint density at radius 2 is 1.67 bits per heavy atom. The van der Waals surface area contributed by atoms with Crippen LogP contribution in [0.5, 0.6) is 0 Å². The summed E-state index contributed by atoms with van der Waals surface area (Å²) in [6.45, 7) is 2.25. The lowest BCUT2D eigenvalue weighted by Crippen LogP contribution is -2.08. The van der Waals surface area contributed by atoms with Crippen LogP contribution in [-0.2, 0) is 14.3 Å². The maximum absolute atomic E-state index is 11.3. The van der Waals surface area contributed by atoms with Gasteiger partial charge in [-0.1, -0.05) is 64.0 Å². The zero-order valence-corrected chi connectivity index (χ0v) is 13.4. The van der Waals surface area contributed by atoms with Crippen LogP contribution in [-0.4, -0.2) is 11.9 Å². The minimum absolute atomic E-state index is 0.179. The predicted molar refractivity (Wildman–Crippen MR) is 84.8 cm³/mol. The first kappa shape index (κ1) is 17.9. The van der Waals surface area contributed by atoms with E-state index < -0.39 is 0 Å². The zero-order chi connectivity index (χ0) is 15.3. The summed E-state index contributed by atoms with van der Waals surface area (Å²) in [4.78, 5) is 22.4. The van der Waals surface area contributed by atoms with Crippen molar-refractivity contribution in [3.8, 4) is 0 Å². The molecule has 3 heteroatoms. The largest absolute Gasteiger partial charge is 0.393 e. The van der Waals surface area contributed by atoms with E-state index in [0.29, 0.717) is 12.8 Å². The van der Waals surface area contributed by atoms with Crippen molar-refractivity contribution in [3.05, 3.63) is 12.2 Å². The van der Waals surface area contributed by atoms with Crippen molar-refractivity contribution >= 4 is 11.9 Å². The SMILES string of the molecule is CCCCCCCCCC/C=C/C1CCC(=O)OC(=O)C1. The average molecular weight is 294 g/mol. The predicted octanol–water partition coefficient (Wildman–Crippen LogP) is 4.94. The molecule has 3 nitrogen and oxygen atoms in total.